The van der Waals surface area contributed by atoms with E-state index < -0.39 is 0 Å². The Morgan fingerprint density at radius 1 is 0.848 bits per heavy atom. The largest absolute Gasteiger partial charge is 0.497 e. The molecular weight excluding hydrogens is 572 g/mol. The highest BCUT2D eigenvalue weighted by molar-refractivity contribution is 6.14. The van der Waals surface area contributed by atoms with E-state index >= 15 is 0 Å². The minimum atomic E-state index is 0.000725. The van der Waals surface area contributed by atoms with Crippen LogP contribution in [0, 0.1) is 0 Å². The molecule has 240 valence electrons. The third-order valence-electron chi connectivity index (χ3n) is 9.14. The summed E-state index contributed by atoms with van der Waals surface area (Å²) in [6, 6.07) is 21.7. The number of para-hydroxylation sites is 1. The molecule has 6 heteroatoms. The number of ether oxygens (including phenoxy) is 3. The van der Waals surface area contributed by atoms with Gasteiger partial charge in [-0.25, -0.2) is 0 Å². The molecule has 0 spiro atoms. The standard InChI is InChI=1S/C40H46N2O4/c1-44-31-20-18-29(19-21-31)26-30-28-46-38-27-32(22-23-35(38)40(30)43)45-25-13-7-5-3-2-4-6-12-24-41-39-33-14-8-10-16-36(33)42-37-17-11-9-15-34(37)39/h8,10,14,16,18-23,26-27H,2-7,9,11-13,15,17,24-25,28H2,1H3,(H,41,42)/b30-26+. The van der Waals surface area contributed by atoms with Crippen molar-refractivity contribution in [2.24, 2.45) is 0 Å². The second-order valence-corrected chi connectivity index (χ2v) is 12.5. The number of pyridine rings is 1. The van der Waals surface area contributed by atoms with Crippen LogP contribution in [0.25, 0.3) is 17.0 Å². The monoisotopic (exact) mass is 618 g/mol. The van der Waals surface area contributed by atoms with Crippen LogP contribution in [0.15, 0.2) is 72.3 Å². The van der Waals surface area contributed by atoms with Crippen molar-refractivity contribution in [3.63, 3.8) is 0 Å². The maximum Gasteiger partial charge on any atom is 0.196 e. The molecule has 0 fully saturated rings. The smallest absolute Gasteiger partial charge is 0.196 e. The van der Waals surface area contributed by atoms with Gasteiger partial charge in [0.05, 0.1) is 24.8 Å². The van der Waals surface area contributed by atoms with Gasteiger partial charge in [-0.15, -0.1) is 0 Å². The molecule has 2 aliphatic rings. The van der Waals surface area contributed by atoms with Crippen molar-refractivity contribution in [2.75, 3.05) is 32.2 Å². The molecule has 1 N–H and O–H groups in total. The number of nitrogens with one attached hydrogen (secondary N) is 1. The first-order chi connectivity index (χ1) is 22.7. The summed E-state index contributed by atoms with van der Waals surface area (Å²) in [7, 11) is 1.64. The van der Waals surface area contributed by atoms with Crippen molar-refractivity contribution in [1.29, 1.82) is 0 Å². The molecule has 0 atom stereocenters. The second-order valence-electron chi connectivity index (χ2n) is 12.5. The lowest BCUT2D eigenvalue weighted by Crippen LogP contribution is -2.19. The lowest BCUT2D eigenvalue weighted by Gasteiger charge is -2.21. The van der Waals surface area contributed by atoms with Gasteiger partial charge in [-0.2, -0.15) is 0 Å². The number of Topliss-reactive ketones (excluding diaryl/α,β-unsaturated/α-hetero) is 1. The maximum absolute atomic E-state index is 13.0. The van der Waals surface area contributed by atoms with Crippen molar-refractivity contribution >= 4 is 28.4 Å². The number of ketones is 1. The van der Waals surface area contributed by atoms with Gasteiger partial charge in [-0.05, 0) is 86.1 Å². The van der Waals surface area contributed by atoms with E-state index in [0.29, 0.717) is 23.5 Å². The Kier molecular flexibility index (Phi) is 10.9. The predicted octanol–water partition coefficient (Wildman–Crippen LogP) is 9.39. The first kappa shape index (κ1) is 31.7. The van der Waals surface area contributed by atoms with Crippen molar-refractivity contribution in [1.82, 2.24) is 4.98 Å². The summed E-state index contributed by atoms with van der Waals surface area (Å²) in [5.74, 6) is 2.14. The minimum Gasteiger partial charge on any atom is -0.497 e. The molecule has 6 rings (SSSR count). The van der Waals surface area contributed by atoms with E-state index in [1.165, 1.54) is 80.1 Å². The molecular formula is C40H46N2O4. The molecule has 0 saturated carbocycles. The molecule has 4 aromatic rings. The quantitative estimate of drug-likeness (QED) is 0.106. The van der Waals surface area contributed by atoms with E-state index in [9.17, 15) is 4.79 Å². The zero-order valence-electron chi connectivity index (χ0n) is 27.1. The third kappa shape index (κ3) is 7.90. The van der Waals surface area contributed by atoms with E-state index in [0.717, 1.165) is 48.4 Å². The number of nitrogens with zero attached hydrogens (tertiary/aromatic N) is 1. The topological polar surface area (TPSA) is 69.7 Å². The Labute approximate surface area is 273 Å². The normalized spacial score (nSPS) is 14.9. The van der Waals surface area contributed by atoms with Crippen molar-refractivity contribution in [2.45, 2.75) is 77.0 Å². The first-order valence-electron chi connectivity index (χ1n) is 17.1. The molecule has 0 amide bonds. The molecule has 1 aliphatic heterocycles. The van der Waals surface area contributed by atoms with Gasteiger partial charge in [0.25, 0.3) is 0 Å². The summed E-state index contributed by atoms with van der Waals surface area (Å²) in [6.45, 7) is 1.96. The number of hydrogen-bond acceptors (Lipinski definition) is 6. The van der Waals surface area contributed by atoms with Crippen LogP contribution in [0.2, 0.25) is 0 Å². The molecule has 0 saturated heterocycles. The number of aromatic nitrogens is 1. The van der Waals surface area contributed by atoms with Gasteiger partial charge in [-0.1, -0.05) is 68.9 Å². The number of anilines is 1. The van der Waals surface area contributed by atoms with E-state index in [1.807, 2.05) is 48.5 Å². The molecule has 1 aliphatic carbocycles. The van der Waals surface area contributed by atoms with E-state index in [2.05, 4.69) is 29.6 Å². The van der Waals surface area contributed by atoms with E-state index in [4.69, 9.17) is 19.2 Å². The van der Waals surface area contributed by atoms with Crippen LogP contribution in [0.5, 0.6) is 17.2 Å². The Morgan fingerprint density at radius 3 is 2.41 bits per heavy atom. The van der Waals surface area contributed by atoms with Crippen molar-refractivity contribution in [3.8, 4) is 17.2 Å². The number of carbonyl (C=O) groups excluding carboxylic acids is 1. The number of unbranched alkanes of at least 4 members (excludes halogenated alkanes) is 7. The zero-order chi connectivity index (χ0) is 31.6. The van der Waals surface area contributed by atoms with Crippen LogP contribution in [-0.2, 0) is 12.8 Å². The number of carbonyl (C=O) groups is 1. The van der Waals surface area contributed by atoms with Crippen LogP contribution in [0.4, 0.5) is 5.69 Å². The number of fused-ring (bicyclic) bond motifs is 3. The fourth-order valence-corrected chi connectivity index (χ4v) is 6.57. The lowest BCUT2D eigenvalue weighted by molar-refractivity contribution is 0.100. The number of rotatable bonds is 15. The fraction of sp³-hybridized carbons (Fsp3) is 0.400. The summed E-state index contributed by atoms with van der Waals surface area (Å²) < 4.78 is 17.1. The number of hydrogen-bond donors (Lipinski definition) is 1. The molecule has 46 heavy (non-hydrogen) atoms. The van der Waals surface area contributed by atoms with Crippen LogP contribution >= 0.6 is 0 Å². The van der Waals surface area contributed by atoms with Crippen LogP contribution in [0.3, 0.4) is 0 Å². The highest BCUT2D eigenvalue weighted by atomic mass is 16.5. The van der Waals surface area contributed by atoms with Crippen LogP contribution in [0.1, 0.15) is 91.4 Å². The lowest BCUT2D eigenvalue weighted by atomic mass is 9.92. The van der Waals surface area contributed by atoms with Gasteiger partial charge in [0.1, 0.15) is 23.9 Å². The molecule has 2 heterocycles. The number of aryl methyl sites for hydroxylation is 1. The molecule has 0 unspecified atom stereocenters. The molecule has 0 radical (unpaired) electrons. The van der Waals surface area contributed by atoms with Gasteiger partial charge >= 0.3 is 0 Å². The Balaban J connectivity index is 0.845. The summed E-state index contributed by atoms with van der Waals surface area (Å²) in [5.41, 5.74) is 7.38. The highest BCUT2D eigenvalue weighted by Crippen LogP contribution is 2.34. The summed E-state index contributed by atoms with van der Waals surface area (Å²) in [5, 5.41) is 5.08. The van der Waals surface area contributed by atoms with Crippen molar-refractivity contribution < 1.29 is 19.0 Å². The van der Waals surface area contributed by atoms with Gasteiger partial charge in [0.2, 0.25) is 0 Å². The average molecular weight is 619 g/mol. The molecule has 1 aromatic heterocycles. The van der Waals surface area contributed by atoms with E-state index in [-0.39, 0.29) is 12.4 Å². The minimum absolute atomic E-state index is 0.000725. The zero-order valence-corrected chi connectivity index (χ0v) is 27.1. The number of methoxy groups -OCH3 is 1. The first-order valence-corrected chi connectivity index (χ1v) is 17.1. The fourth-order valence-electron chi connectivity index (χ4n) is 6.57. The Morgan fingerprint density at radius 2 is 1.59 bits per heavy atom. The van der Waals surface area contributed by atoms with Gasteiger partial charge in [0, 0.05) is 35.0 Å². The summed E-state index contributed by atoms with van der Waals surface area (Å²) in [6.07, 6.45) is 16.4. The molecule has 6 nitrogen and oxygen atoms in total. The third-order valence-corrected chi connectivity index (χ3v) is 9.14. The summed E-state index contributed by atoms with van der Waals surface area (Å²) >= 11 is 0. The Hall–Kier alpha value is -4.32. The van der Waals surface area contributed by atoms with Gasteiger partial charge < -0.3 is 19.5 Å². The number of benzene rings is 3. The Bertz CT molecular complexity index is 1660. The second kappa shape index (κ2) is 15.8. The molecule has 3 aromatic carbocycles. The van der Waals surface area contributed by atoms with Gasteiger partial charge in [0.15, 0.2) is 5.78 Å². The summed E-state index contributed by atoms with van der Waals surface area (Å²) in [4.78, 5) is 18.0. The maximum atomic E-state index is 13.0. The van der Waals surface area contributed by atoms with Crippen molar-refractivity contribution in [3.05, 3.63) is 94.7 Å². The SMILES string of the molecule is COc1ccc(/C=C2\COc3cc(OCCCCCCCCCCNc4c5c(nc6ccccc46)CCCC5)ccc3C2=O)cc1. The average Bonchev–Trinajstić information content (AvgIpc) is 3.09. The highest BCUT2D eigenvalue weighted by Gasteiger charge is 2.24. The van der Waals surface area contributed by atoms with Crippen LogP contribution in [-0.4, -0.2) is 37.6 Å². The van der Waals surface area contributed by atoms with Gasteiger partial charge in [-0.3, -0.25) is 9.78 Å². The van der Waals surface area contributed by atoms with Crippen LogP contribution < -0.4 is 19.5 Å². The van der Waals surface area contributed by atoms with E-state index in [1.54, 1.807) is 7.11 Å². The predicted molar refractivity (Wildman–Crippen MR) is 187 cm³/mol. The molecule has 0 bridgehead atoms.